The summed E-state index contributed by atoms with van der Waals surface area (Å²) in [5.41, 5.74) is 1.25. The molecule has 1 saturated heterocycles. The van der Waals surface area contributed by atoms with Gasteiger partial charge in [0.25, 0.3) is 0 Å². The smallest absolute Gasteiger partial charge is 0.243 e. The van der Waals surface area contributed by atoms with Crippen LogP contribution in [0.25, 0.3) is 0 Å². The van der Waals surface area contributed by atoms with Crippen molar-refractivity contribution in [2.45, 2.75) is 24.3 Å². The van der Waals surface area contributed by atoms with E-state index in [-0.39, 0.29) is 30.6 Å². The third-order valence-electron chi connectivity index (χ3n) is 4.94. The van der Waals surface area contributed by atoms with Crippen molar-refractivity contribution in [2.24, 2.45) is 0 Å². The molecule has 166 valence electrons. The highest BCUT2D eigenvalue weighted by Gasteiger charge is 2.32. The van der Waals surface area contributed by atoms with Crippen molar-refractivity contribution in [1.82, 2.24) is 10.6 Å². The Bertz CT molecular complexity index is 930. The van der Waals surface area contributed by atoms with Crippen LogP contribution in [-0.4, -0.2) is 50.2 Å². The molecule has 3 rings (SSSR count). The largest absolute Gasteiger partial charge is 0.493 e. The summed E-state index contributed by atoms with van der Waals surface area (Å²) >= 11 is 1.35. The maximum atomic E-state index is 13.9. The maximum absolute atomic E-state index is 13.9. The third kappa shape index (κ3) is 5.41. The highest BCUT2D eigenvalue weighted by molar-refractivity contribution is 8.00. The van der Waals surface area contributed by atoms with Gasteiger partial charge in [0.15, 0.2) is 11.5 Å². The first-order valence-electron chi connectivity index (χ1n) is 9.68. The van der Waals surface area contributed by atoms with Crippen molar-refractivity contribution < 1.29 is 28.2 Å². The molecule has 0 saturated carbocycles. The number of methoxy groups -OCH3 is 3. The van der Waals surface area contributed by atoms with Gasteiger partial charge in [-0.15, -0.1) is 11.8 Å². The molecule has 2 aromatic carbocycles. The Labute approximate surface area is 184 Å². The Morgan fingerprint density at radius 1 is 1.16 bits per heavy atom. The molecular formula is C22H25FN2O5S. The summed E-state index contributed by atoms with van der Waals surface area (Å²) in [7, 11) is 4.56. The van der Waals surface area contributed by atoms with Crippen LogP contribution in [0.4, 0.5) is 4.39 Å². The lowest BCUT2D eigenvalue weighted by molar-refractivity contribution is -0.128. The number of hydrogen-bond acceptors (Lipinski definition) is 6. The van der Waals surface area contributed by atoms with Crippen LogP contribution in [-0.2, 0) is 22.6 Å². The number of thioether (sulfide) groups is 1. The average molecular weight is 449 g/mol. The molecule has 1 aliphatic rings. The molecule has 7 nitrogen and oxygen atoms in total. The van der Waals surface area contributed by atoms with Crippen LogP contribution in [0.3, 0.4) is 0 Å². The Morgan fingerprint density at radius 2 is 1.84 bits per heavy atom. The van der Waals surface area contributed by atoms with E-state index in [1.165, 1.54) is 39.2 Å². The zero-order valence-corrected chi connectivity index (χ0v) is 18.4. The van der Waals surface area contributed by atoms with Crippen molar-refractivity contribution in [3.8, 4) is 17.2 Å². The van der Waals surface area contributed by atoms with E-state index in [9.17, 15) is 14.0 Å². The normalized spacial score (nSPS) is 18.1. The van der Waals surface area contributed by atoms with Gasteiger partial charge in [-0.1, -0.05) is 18.2 Å². The molecule has 1 fully saturated rings. The van der Waals surface area contributed by atoms with E-state index in [1.807, 2.05) is 0 Å². The predicted molar refractivity (Wildman–Crippen MR) is 116 cm³/mol. The summed E-state index contributed by atoms with van der Waals surface area (Å²) in [4.78, 5) is 25.0. The molecule has 2 amide bonds. The van der Waals surface area contributed by atoms with Gasteiger partial charge in [-0.05, 0) is 35.7 Å². The number of rotatable bonds is 8. The zero-order valence-electron chi connectivity index (χ0n) is 17.6. The van der Waals surface area contributed by atoms with Gasteiger partial charge in [0.1, 0.15) is 11.9 Å². The Balaban J connectivity index is 1.58. The van der Waals surface area contributed by atoms with Gasteiger partial charge in [0, 0.05) is 12.3 Å². The molecule has 0 aliphatic carbocycles. The Kier molecular flexibility index (Phi) is 7.62. The summed E-state index contributed by atoms with van der Waals surface area (Å²) in [5, 5.41) is 5.13. The van der Waals surface area contributed by atoms with Crippen LogP contribution in [0.5, 0.6) is 17.2 Å². The first-order chi connectivity index (χ1) is 15.0. The molecule has 0 bridgehead atoms. The van der Waals surface area contributed by atoms with Crippen LogP contribution in [0.1, 0.15) is 11.1 Å². The monoisotopic (exact) mass is 448 g/mol. The SMILES string of the molecule is COc1cc(CNC(=O)[C@@H]2CS[C@H](Cc3ccccc3F)C(=O)N2)cc(OC)c1OC. The molecule has 2 atom stereocenters. The molecule has 0 radical (unpaired) electrons. The predicted octanol–water partition coefficient (Wildman–Crippen LogP) is 2.31. The second-order valence-electron chi connectivity index (χ2n) is 6.93. The van der Waals surface area contributed by atoms with Crippen LogP contribution >= 0.6 is 11.8 Å². The van der Waals surface area contributed by atoms with Crippen LogP contribution < -0.4 is 24.8 Å². The topological polar surface area (TPSA) is 85.9 Å². The highest BCUT2D eigenvalue weighted by Crippen LogP contribution is 2.38. The van der Waals surface area contributed by atoms with Gasteiger partial charge >= 0.3 is 0 Å². The number of hydrogen-bond donors (Lipinski definition) is 2. The minimum absolute atomic E-state index is 0.227. The minimum atomic E-state index is -0.656. The van der Waals surface area contributed by atoms with Crippen molar-refractivity contribution in [3.05, 3.63) is 53.3 Å². The van der Waals surface area contributed by atoms with E-state index in [1.54, 1.807) is 30.3 Å². The quantitative estimate of drug-likeness (QED) is 0.645. The fourth-order valence-electron chi connectivity index (χ4n) is 3.30. The summed E-state index contributed by atoms with van der Waals surface area (Å²) in [6.07, 6.45) is 0.281. The molecule has 1 aliphatic heterocycles. The van der Waals surface area contributed by atoms with Crippen LogP contribution in [0, 0.1) is 5.82 Å². The van der Waals surface area contributed by atoms with E-state index >= 15 is 0 Å². The summed E-state index contributed by atoms with van der Waals surface area (Å²) in [6.45, 7) is 0.227. The molecular weight excluding hydrogens is 423 g/mol. The Hall–Kier alpha value is -2.94. The number of nitrogens with one attached hydrogen (secondary N) is 2. The van der Waals surface area contributed by atoms with Crippen molar-refractivity contribution in [1.29, 1.82) is 0 Å². The number of amides is 2. The van der Waals surface area contributed by atoms with Crippen LogP contribution in [0.2, 0.25) is 0 Å². The average Bonchev–Trinajstić information content (AvgIpc) is 2.79. The number of ether oxygens (including phenoxy) is 3. The number of benzene rings is 2. The number of halogens is 1. The van der Waals surface area contributed by atoms with Gasteiger partial charge in [-0.2, -0.15) is 0 Å². The molecule has 2 N–H and O–H groups in total. The van der Waals surface area contributed by atoms with Crippen molar-refractivity contribution in [3.63, 3.8) is 0 Å². The second kappa shape index (κ2) is 10.4. The van der Waals surface area contributed by atoms with Crippen molar-refractivity contribution in [2.75, 3.05) is 27.1 Å². The molecule has 2 aromatic rings. The van der Waals surface area contributed by atoms with Gasteiger partial charge in [0.05, 0.1) is 26.6 Å². The Morgan fingerprint density at radius 3 is 2.42 bits per heavy atom. The van der Waals surface area contributed by atoms with Gasteiger partial charge in [0.2, 0.25) is 17.6 Å². The van der Waals surface area contributed by atoms with Gasteiger partial charge in [-0.25, -0.2) is 4.39 Å². The van der Waals surface area contributed by atoms with Gasteiger partial charge < -0.3 is 24.8 Å². The summed E-state index contributed by atoms with van der Waals surface area (Å²) in [6, 6.07) is 9.24. The van der Waals surface area contributed by atoms with Gasteiger partial charge in [-0.3, -0.25) is 9.59 Å². The summed E-state index contributed by atoms with van der Waals surface area (Å²) in [5.74, 6) is 0.961. The lowest BCUT2D eigenvalue weighted by Crippen LogP contribution is -2.54. The van der Waals surface area contributed by atoms with E-state index in [0.29, 0.717) is 28.6 Å². The molecule has 0 spiro atoms. The minimum Gasteiger partial charge on any atom is -0.493 e. The van der Waals surface area contributed by atoms with E-state index in [0.717, 1.165) is 5.56 Å². The number of carbonyl (C=O) groups is 2. The van der Waals surface area contributed by atoms with E-state index in [4.69, 9.17) is 14.2 Å². The molecule has 0 aromatic heterocycles. The maximum Gasteiger partial charge on any atom is 0.243 e. The zero-order chi connectivity index (χ0) is 22.4. The standard InChI is InChI=1S/C22H25FN2O5S/c1-28-17-8-13(9-18(29-2)20(17)30-3)11-24-21(26)16-12-31-19(22(27)25-16)10-14-6-4-5-7-15(14)23/h4-9,16,19H,10-12H2,1-3H3,(H,24,26)(H,25,27)/t16-,19+/m0/s1. The summed E-state index contributed by atoms with van der Waals surface area (Å²) < 4.78 is 29.8. The molecule has 9 heteroatoms. The van der Waals surface area contributed by atoms with Crippen molar-refractivity contribution >= 4 is 23.6 Å². The first kappa shape index (κ1) is 22.7. The lowest BCUT2D eigenvalue weighted by Gasteiger charge is -2.28. The third-order valence-corrected chi connectivity index (χ3v) is 6.25. The second-order valence-corrected chi connectivity index (χ2v) is 8.17. The number of carbonyl (C=O) groups excluding carboxylic acids is 2. The fourth-order valence-corrected chi connectivity index (χ4v) is 4.48. The van der Waals surface area contributed by atoms with E-state index in [2.05, 4.69) is 10.6 Å². The molecule has 0 unspecified atom stereocenters. The highest BCUT2D eigenvalue weighted by atomic mass is 32.2. The van der Waals surface area contributed by atoms with E-state index < -0.39 is 11.3 Å². The fraction of sp³-hybridized carbons (Fsp3) is 0.364. The lowest BCUT2D eigenvalue weighted by atomic mass is 10.1. The molecule has 1 heterocycles. The molecule has 31 heavy (non-hydrogen) atoms. The van der Waals surface area contributed by atoms with Crippen LogP contribution in [0.15, 0.2) is 36.4 Å². The first-order valence-corrected chi connectivity index (χ1v) is 10.7.